The molecule has 0 saturated heterocycles. The van der Waals surface area contributed by atoms with Crippen LogP contribution in [-0.4, -0.2) is 6.61 Å². The number of nitrogen functional groups attached to an aromatic ring is 1. The van der Waals surface area contributed by atoms with Crippen molar-refractivity contribution in [2.75, 3.05) is 12.0 Å². The number of benzene rings is 1. The van der Waals surface area contributed by atoms with Crippen LogP contribution >= 0.6 is 0 Å². The van der Waals surface area contributed by atoms with Crippen molar-refractivity contribution in [3.8, 4) is 5.75 Å². The molecule has 0 amide bonds. The van der Waals surface area contributed by atoms with Crippen molar-refractivity contribution in [1.29, 1.82) is 0 Å². The third-order valence-corrected chi connectivity index (χ3v) is 1.86. The molecule has 0 fully saturated rings. The highest BCUT2D eigenvalue weighted by Crippen LogP contribution is 2.27. The maximum absolute atomic E-state index is 5.33. The second kappa shape index (κ2) is 2.43. The highest BCUT2D eigenvalue weighted by molar-refractivity contribution is 5.51. The van der Waals surface area contributed by atoms with Crippen LogP contribution in [-0.2, 0) is 6.42 Å². The Kier molecular flexibility index (Phi) is 1.43. The summed E-state index contributed by atoms with van der Waals surface area (Å²) in [5.41, 5.74) is 4.78. The van der Waals surface area contributed by atoms with Crippen LogP contribution in [0.2, 0.25) is 0 Å². The molecular weight excluding hydrogens is 140 g/mol. The number of hydrazine groups is 1. The molecule has 3 heteroatoms. The Morgan fingerprint density at radius 3 is 3.18 bits per heavy atom. The fraction of sp³-hybridized carbons (Fsp3) is 0.250. The van der Waals surface area contributed by atoms with Gasteiger partial charge in [-0.1, -0.05) is 0 Å². The first-order valence-corrected chi connectivity index (χ1v) is 3.62. The zero-order valence-electron chi connectivity index (χ0n) is 6.13. The third kappa shape index (κ3) is 1.03. The number of rotatable bonds is 1. The Balaban J connectivity index is 2.41. The molecule has 0 radical (unpaired) electrons. The van der Waals surface area contributed by atoms with Crippen molar-refractivity contribution in [2.24, 2.45) is 5.84 Å². The second-order valence-corrected chi connectivity index (χ2v) is 2.57. The summed E-state index contributed by atoms with van der Waals surface area (Å²) in [6.07, 6.45) is 0.991. The van der Waals surface area contributed by atoms with E-state index in [0.29, 0.717) is 0 Å². The third-order valence-electron chi connectivity index (χ3n) is 1.86. The lowest BCUT2D eigenvalue weighted by Crippen LogP contribution is -2.06. The van der Waals surface area contributed by atoms with E-state index in [4.69, 9.17) is 10.6 Å². The van der Waals surface area contributed by atoms with Crippen molar-refractivity contribution in [3.63, 3.8) is 0 Å². The van der Waals surface area contributed by atoms with Gasteiger partial charge in [-0.25, -0.2) is 0 Å². The molecule has 58 valence electrons. The Labute approximate surface area is 65.1 Å². The lowest BCUT2D eigenvalue weighted by atomic mass is 10.1. The summed E-state index contributed by atoms with van der Waals surface area (Å²) >= 11 is 0. The van der Waals surface area contributed by atoms with E-state index in [1.165, 1.54) is 5.56 Å². The van der Waals surface area contributed by atoms with E-state index in [1.54, 1.807) is 0 Å². The molecule has 1 aliphatic heterocycles. The van der Waals surface area contributed by atoms with Gasteiger partial charge in [0, 0.05) is 12.1 Å². The summed E-state index contributed by atoms with van der Waals surface area (Å²) in [6, 6.07) is 5.87. The number of ether oxygens (including phenoxy) is 1. The molecule has 0 aliphatic carbocycles. The van der Waals surface area contributed by atoms with Gasteiger partial charge in [0.25, 0.3) is 0 Å². The zero-order chi connectivity index (χ0) is 7.68. The molecule has 0 spiro atoms. The lowest BCUT2D eigenvalue weighted by Gasteiger charge is -2.01. The summed E-state index contributed by atoms with van der Waals surface area (Å²) in [7, 11) is 0. The Hall–Kier alpha value is -1.22. The molecular formula is C8H10N2O. The van der Waals surface area contributed by atoms with Gasteiger partial charge in [0.05, 0.1) is 6.61 Å². The summed E-state index contributed by atoms with van der Waals surface area (Å²) < 4.78 is 5.33. The maximum atomic E-state index is 5.33. The first-order valence-electron chi connectivity index (χ1n) is 3.62. The van der Waals surface area contributed by atoms with Crippen LogP contribution in [0.5, 0.6) is 5.75 Å². The minimum absolute atomic E-state index is 0.795. The minimum Gasteiger partial charge on any atom is -0.493 e. The van der Waals surface area contributed by atoms with Gasteiger partial charge in [0.1, 0.15) is 5.75 Å². The number of hydrogen-bond donors (Lipinski definition) is 2. The quantitative estimate of drug-likeness (QED) is 0.462. The maximum Gasteiger partial charge on any atom is 0.122 e. The monoisotopic (exact) mass is 150 g/mol. The summed E-state index contributed by atoms with van der Waals surface area (Å²) in [6.45, 7) is 0.795. The number of hydrogen-bond acceptors (Lipinski definition) is 3. The molecule has 0 bridgehead atoms. The molecule has 3 nitrogen and oxygen atoms in total. The topological polar surface area (TPSA) is 47.3 Å². The molecule has 0 unspecified atom stereocenters. The number of anilines is 1. The molecule has 1 aromatic carbocycles. The summed E-state index contributed by atoms with van der Waals surface area (Å²) in [5, 5.41) is 0. The Morgan fingerprint density at radius 2 is 2.36 bits per heavy atom. The average molecular weight is 150 g/mol. The first kappa shape index (κ1) is 6.49. The molecule has 1 aliphatic rings. The summed E-state index contributed by atoms with van der Waals surface area (Å²) in [4.78, 5) is 0. The molecule has 0 aromatic heterocycles. The van der Waals surface area contributed by atoms with Gasteiger partial charge in [0.15, 0.2) is 0 Å². The lowest BCUT2D eigenvalue weighted by molar-refractivity contribution is 0.357. The average Bonchev–Trinajstić information content (AvgIpc) is 2.50. The van der Waals surface area contributed by atoms with E-state index >= 15 is 0 Å². The summed E-state index contributed by atoms with van der Waals surface area (Å²) in [5.74, 6) is 6.24. The van der Waals surface area contributed by atoms with E-state index < -0.39 is 0 Å². The largest absolute Gasteiger partial charge is 0.493 e. The first-order chi connectivity index (χ1) is 5.40. The standard InChI is InChI=1S/C8H10N2O/c9-10-7-1-2-8-6(5-7)3-4-11-8/h1-2,5,10H,3-4,9H2. The van der Waals surface area contributed by atoms with E-state index in [2.05, 4.69) is 5.43 Å². The predicted octanol–water partition coefficient (Wildman–Crippen LogP) is 0.907. The van der Waals surface area contributed by atoms with Crippen LogP contribution in [0.15, 0.2) is 18.2 Å². The van der Waals surface area contributed by atoms with Crippen LogP contribution in [0.3, 0.4) is 0 Å². The Morgan fingerprint density at radius 1 is 1.45 bits per heavy atom. The number of nitrogens with one attached hydrogen (secondary N) is 1. The Bertz CT molecular complexity index is 273. The van der Waals surface area contributed by atoms with Gasteiger partial charge < -0.3 is 10.2 Å². The van der Waals surface area contributed by atoms with E-state index in [0.717, 1.165) is 24.5 Å². The fourth-order valence-corrected chi connectivity index (χ4v) is 1.28. The van der Waals surface area contributed by atoms with Gasteiger partial charge in [-0.3, -0.25) is 5.84 Å². The van der Waals surface area contributed by atoms with Crippen LogP contribution < -0.4 is 16.0 Å². The van der Waals surface area contributed by atoms with Crippen LogP contribution in [0.1, 0.15) is 5.56 Å². The minimum atomic E-state index is 0.795. The van der Waals surface area contributed by atoms with Crippen molar-refractivity contribution >= 4 is 5.69 Å². The van der Waals surface area contributed by atoms with E-state index in [1.807, 2.05) is 18.2 Å². The SMILES string of the molecule is NNc1ccc2c(c1)CCO2. The van der Waals surface area contributed by atoms with Crippen molar-refractivity contribution in [1.82, 2.24) is 0 Å². The fourth-order valence-electron chi connectivity index (χ4n) is 1.28. The van der Waals surface area contributed by atoms with Crippen LogP contribution in [0.4, 0.5) is 5.69 Å². The molecule has 11 heavy (non-hydrogen) atoms. The van der Waals surface area contributed by atoms with Crippen LogP contribution in [0, 0.1) is 0 Å². The predicted molar refractivity (Wildman–Crippen MR) is 43.5 cm³/mol. The van der Waals surface area contributed by atoms with Gasteiger partial charge in [-0.05, 0) is 23.8 Å². The van der Waals surface area contributed by atoms with E-state index in [9.17, 15) is 0 Å². The number of nitrogens with two attached hydrogens (primary N) is 1. The molecule has 0 saturated carbocycles. The highest BCUT2D eigenvalue weighted by Gasteiger charge is 2.10. The van der Waals surface area contributed by atoms with Gasteiger partial charge in [-0.15, -0.1) is 0 Å². The zero-order valence-corrected chi connectivity index (χ0v) is 6.13. The van der Waals surface area contributed by atoms with Gasteiger partial charge in [-0.2, -0.15) is 0 Å². The molecule has 1 aromatic rings. The van der Waals surface area contributed by atoms with Crippen LogP contribution in [0.25, 0.3) is 0 Å². The second-order valence-electron chi connectivity index (χ2n) is 2.57. The molecule has 3 N–H and O–H groups in total. The smallest absolute Gasteiger partial charge is 0.122 e. The normalized spacial score (nSPS) is 13.9. The molecule has 1 heterocycles. The number of fused-ring (bicyclic) bond motifs is 1. The van der Waals surface area contributed by atoms with Gasteiger partial charge in [0.2, 0.25) is 0 Å². The van der Waals surface area contributed by atoms with Crippen molar-refractivity contribution in [3.05, 3.63) is 23.8 Å². The molecule has 0 atom stereocenters. The van der Waals surface area contributed by atoms with Gasteiger partial charge >= 0.3 is 0 Å². The molecule has 2 rings (SSSR count). The van der Waals surface area contributed by atoms with Crippen molar-refractivity contribution < 1.29 is 4.74 Å². The highest BCUT2D eigenvalue weighted by atomic mass is 16.5. The van der Waals surface area contributed by atoms with E-state index in [-0.39, 0.29) is 0 Å². The van der Waals surface area contributed by atoms with Crippen molar-refractivity contribution in [2.45, 2.75) is 6.42 Å².